The first-order chi connectivity index (χ1) is 12.2. The van der Waals surface area contributed by atoms with E-state index < -0.39 is 0 Å². The summed E-state index contributed by atoms with van der Waals surface area (Å²) in [4.78, 5) is 25.5. The molecular weight excluding hydrogens is 338 g/mol. The molecule has 6 heteroatoms. The number of nitrogens with one attached hydrogen (secondary N) is 1. The summed E-state index contributed by atoms with van der Waals surface area (Å²) in [6.45, 7) is 4.30. The Morgan fingerprint density at radius 3 is 2.72 bits per heavy atom. The van der Waals surface area contributed by atoms with E-state index in [1.54, 1.807) is 25.1 Å². The monoisotopic (exact) mass is 359 g/mol. The average Bonchev–Trinajstić information content (AvgIpc) is 3.32. The number of carbonyl (C=O) groups is 2. The number of thiophene rings is 1. The molecule has 0 spiro atoms. The van der Waals surface area contributed by atoms with E-state index in [-0.39, 0.29) is 11.9 Å². The molecular formula is C19H21NO4S. The quantitative estimate of drug-likeness (QED) is 0.803. The molecule has 0 unspecified atom stereocenters. The Bertz CT molecular complexity index is 732. The topological polar surface area (TPSA) is 64.6 Å². The SMILES string of the molecule is CCOC(=O)c1ccc(-c2ccc(C(=O)NC[C@H]3CCOC3)cc2)s1. The molecule has 0 radical (unpaired) electrons. The number of carbonyl (C=O) groups excluding carboxylic acids is 2. The molecule has 1 aliphatic heterocycles. The fraction of sp³-hybridized carbons (Fsp3) is 0.368. The van der Waals surface area contributed by atoms with Gasteiger partial charge < -0.3 is 14.8 Å². The Kier molecular flexibility index (Phi) is 5.83. The van der Waals surface area contributed by atoms with Gasteiger partial charge in [-0.2, -0.15) is 0 Å². The van der Waals surface area contributed by atoms with Gasteiger partial charge in [-0.15, -0.1) is 11.3 Å². The maximum Gasteiger partial charge on any atom is 0.348 e. The van der Waals surface area contributed by atoms with Gasteiger partial charge in [0.15, 0.2) is 0 Å². The second-order valence-electron chi connectivity index (χ2n) is 5.90. The summed E-state index contributed by atoms with van der Waals surface area (Å²) in [6.07, 6.45) is 1.00. The first-order valence-electron chi connectivity index (χ1n) is 8.40. The first-order valence-corrected chi connectivity index (χ1v) is 9.22. The fourth-order valence-corrected chi connectivity index (χ4v) is 3.58. The van der Waals surface area contributed by atoms with Crippen LogP contribution in [-0.4, -0.2) is 38.2 Å². The fourth-order valence-electron chi connectivity index (χ4n) is 2.67. The lowest BCUT2D eigenvalue weighted by molar-refractivity contribution is 0.0532. The molecule has 1 aliphatic rings. The van der Waals surface area contributed by atoms with Crippen LogP contribution in [0.3, 0.4) is 0 Å². The van der Waals surface area contributed by atoms with Crippen LogP contribution < -0.4 is 5.32 Å². The van der Waals surface area contributed by atoms with E-state index in [0.29, 0.717) is 29.5 Å². The summed E-state index contributed by atoms with van der Waals surface area (Å²) in [5.74, 6) is 0.0399. The Morgan fingerprint density at radius 2 is 2.04 bits per heavy atom. The molecule has 1 atom stereocenters. The largest absolute Gasteiger partial charge is 0.462 e. The number of benzene rings is 1. The van der Waals surface area contributed by atoms with Crippen molar-refractivity contribution in [1.29, 1.82) is 0 Å². The van der Waals surface area contributed by atoms with E-state index in [1.165, 1.54) is 11.3 Å². The van der Waals surface area contributed by atoms with Crippen LogP contribution in [0.25, 0.3) is 10.4 Å². The molecule has 1 saturated heterocycles. The lowest BCUT2D eigenvalue weighted by atomic mass is 10.1. The van der Waals surface area contributed by atoms with Crippen molar-refractivity contribution in [3.63, 3.8) is 0 Å². The number of rotatable bonds is 6. The van der Waals surface area contributed by atoms with Crippen LogP contribution in [0, 0.1) is 5.92 Å². The molecule has 3 rings (SSSR count). The van der Waals surface area contributed by atoms with E-state index in [2.05, 4.69) is 5.32 Å². The molecule has 0 aliphatic carbocycles. The normalized spacial score (nSPS) is 16.6. The van der Waals surface area contributed by atoms with E-state index >= 15 is 0 Å². The third kappa shape index (κ3) is 4.46. The van der Waals surface area contributed by atoms with Crippen molar-refractivity contribution in [3.8, 4) is 10.4 Å². The summed E-state index contributed by atoms with van der Waals surface area (Å²) in [5, 5.41) is 2.96. The predicted octanol–water partition coefficient (Wildman–Crippen LogP) is 3.36. The van der Waals surface area contributed by atoms with Gasteiger partial charge in [0, 0.05) is 29.5 Å². The van der Waals surface area contributed by atoms with E-state index in [9.17, 15) is 9.59 Å². The molecule has 1 N–H and O–H groups in total. The second kappa shape index (κ2) is 8.27. The molecule has 0 bridgehead atoms. The zero-order chi connectivity index (χ0) is 17.6. The minimum atomic E-state index is -0.300. The van der Waals surface area contributed by atoms with Gasteiger partial charge in [0.2, 0.25) is 0 Å². The van der Waals surface area contributed by atoms with Gasteiger partial charge in [-0.05, 0) is 43.2 Å². The average molecular weight is 359 g/mol. The highest BCUT2D eigenvalue weighted by Gasteiger charge is 2.17. The van der Waals surface area contributed by atoms with E-state index in [0.717, 1.165) is 30.1 Å². The third-order valence-electron chi connectivity index (χ3n) is 4.09. The van der Waals surface area contributed by atoms with Crippen LogP contribution in [0.4, 0.5) is 0 Å². The molecule has 2 aromatic rings. The van der Waals surface area contributed by atoms with Crippen LogP contribution in [0.5, 0.6) is 0 Å². The lowest BCUT2D eigenvalue weighted by Crippen LogP contribution is -2.29. The van der Waals surface area contributed by atoms with E-state index in [1.807, 2.05) is 18.2 Å². The number of esters is 1. The Labute approximate surface area is 151 Å². The van der Waals surface area contributed by atoms with E-state index in [4.69, 9.17) is 9.47 Å². The highest BCUT2D eigenvalue weighted by molar-refractivity contribution is 7.17. The van der Waals surface area contributed by atoms with Gasteiger partial charge in [0.1, 0.15) is 4.88 Å². The van der Waals surface area contributed by atoms with Gasteiger partial charge in [-0.3, -0.25) is 4.79 Å². The Morgan fingerprint density at radius 1 is 1.24 bits per heavy atom. The highest BCUT2D eigenvalue weighted by Crippen LogP contribution is 2.28. The van der Waals surface area contributed by atoms with Crippen molar-refractivity contribution < 1.29 is 19.1 Å². The molecule has 132 valence electrons. The van der Waals surface area contributed by atoms with Crippen LogP contribution in [0.1, 0.15) is 33.4 Å². The number of hydrogen-bond acceptors (Lipinski definition) is 5. The molecule has 1 aromatic carbocycles. The minimum Gasteiger partial charge on any atom is -0.462 e. The predicted molar refractivity (Wildman–Crippen MR) is 97.0 cm³/mol. The molecule has 25 heavy (non-hydrogen) atoms. The number of hydrogen-bond donors (Lipinski definition) is 1. The smallest absolute Gasteiger partial charge is 0.348 e. The Balaban J connectivity index is 1.61. The minimum absolute atomic E-state index is 0.0724. The standard InChI is InChI=1S/C19H21NO4S/c1-2-24-19(22)17-8-7-16(25-17)14-3-5-15(6-4-14)18(21)20-11-13-9-10-23-12-13/h3-8,13H,2,9-12H2,1H3,(H,20,21)/t13-/m1/s1. The third-order valence-corrected chi connectivity index (χ3v) is 5.20. The maximum atomic E-state index is 12.2. The van der Waals surface area contributed by atoms with Gasteiger partial charge in [0.05, 0.1) is 13.2 Å². The zero-order valence-corrected chi connectivity index (χ0v) is 14.9. The van der Waals surface area contributed by atoms with Gasteiger partial charge >= 0.3 is 5.97 Å². The number of ether oxygens (including phenoxy) is 2. The van der Waals surface area contributed by atoms with Gasteiger partial charge in [-0.25, -0.2) is 4.79 Å². The molecule has 0 saturated carbocycles. The summed E-state index contributed by atoms with van der Waals surface area (Å²) in [7, 11) is 0. The molecule has 5 nitrogen and oxygen atoms in total. The number of amides is 1. The van der Waals surface area contributed by atoms with Crippen LogP contribution in [-0.2, 0) is 9.47 Å². The van der Waals surface area contributed by atoms with Crippen molar-refractivity contribution in [3.05, 3.63) is 46.8 Å². The van der Waals surface area contributed by atoms with Crippen molar-refractivity contribution in [2.45, 2.75) is 13.3 Å². The molecule has 1 aromatic heterocycles. The lowest BCUT2D eigenvalue weighted by Gasteiger charge is -2.09. The van der Waals surface area contributed by atoms with Crippen LogP contribution >= 0.6 is 11.3 Å². The second-order valence-corrected chi connectivity index (χ2v) is 6.99. The summed E-state index contributed by atoms with van der Waals surface area (Å²) in [5.41, 5.74) is 1.60. The maximum absolute atomic E-state index is 12.2. The van der Waals surface area contributed by atoms with Crippen molar-refractivity contribution in [2.24, 2.45) is 5.92 Å². The Hall–Kier alpha value is -2.18. The molecule has 2 heterocycles. The molecule has 1 fully saturated rings. The summed E-state index contributed by atoms with van der Waals surface area (Å²) < 4.78 is 10.3. The van der Waals surface area contributed by atoms with Crippen molar-refractivity contribution >= 4 is 23.2 Å². The molecule has 1 amide bonds. The van der Waals surface area contributed by atoms with Crippen LogP contribution in [0.15, 0.2) is 36.4 Å². The summed E-state index contributed by atoms with van der Waals surface area (Å²) >= 11 is 1.39. The van der Waals surface area contributed by atoms with Crippen molar-refractivity contribution in [1.82, 2.24) is 5.32 Å². The van der Waals surface area contributed by atoms with Gasteiger partial charge in [-0.1, -0.05) is 12.1 Å². The van der Waals surface area contributed by atoms with Crippen molar-refractivity contribution in [2.75, 3.05) is 26.4 Å². The highest BCUT2D eigenvalue weighted by atomic mass is 32.1. The first kappa shape index (κ1) is 17.6. The summed E-state index contributed by atoms with van der Waals surface area (Å²) in [6, 6.07) is 11.1. The van der Waals surface area contributed by atoms with Crippen LogP contribution in [0.2, 0.25) is 0 Å². The van der Waals surface area contributed by atoms with Gasteiger partial charge in [0.25, 0.3) is 5.91 Å². The zero-order valence-electron chi connectivity index (χ0n) is 14.1.